The summed E-state index contributed by atoms with van der Waals surface area (Å²) in [6.45, 7) is -0.201. The van der Waals surface area contributed by atoms with Crippen molar-refractivity contribution in [2.45, 2.75) is 6.54 Å². The number of halogens is 3. The Balaban J connectivity index is 0.00000169. The fraction of sp³-hybridized carbons (Fsp3) is 0.143. The summed E-state index contributed by atoms with van der Waals surface area (Å²) < 4.78 is 25.4. The Morgan fingerprint density at radius 2 is 1.93 bits per heavy atom. The van der Waals surface area contributed by atoms with Crippen molar-refractivity contribution in [1.29, 1.82) is 0 Å². The third-order valence-electron chi connectivity index (χ3n) is 1.53. The summed E-state index contributed by atoms with van der Waals surface area (Å²) in [6, 6.07) is 1.25. The molecule has 1 rings (SSSR count). The molecule has 0 fully saturated rings. The van der Waals surface area contributed by atoms with Gasteiger partial charge in [-0.15, -0.1) is 17.0 Å². The first-order valence-electron chi connectivity index (χ1n) is 3.38. The molecule has 14 heavy (non-hydrogen) atoms. The highest BCUT2D eigenvalue weighted by Crippen LogP contribution is 2.20. The Kier molecular flexibility index (Phi) is 4.58. The normalized spacial score (nSPS) is 9.36. The number of nitrogens with two attached hydrogens (primary N) is 1. The lowest BCUT2D eigenvalue weighted by Crippen LogP contribution is -2.03. The molecule has 1 aromatic carbocycles. The Bertz CT molecular complexity index is 360. The zero-order valence-electron chi connectivity index (χ0n) is 6.87. The molecule has 7 heteroatoms. The van der Waals surface area contributed by atoms with Gasteiger partial charge in [0.25, 0.3) is 0 Å². The highest BCUT2D eigenvalue weighted by molar-refractivity contribution is 8.93. The smallest absolute Gasteiger partial charge is 0.305 e. The number of benzene rings is 1. The van der Waals surface area contributed by atoms with Crippen molar-refractivity contribution in [2.75, 3.05) is 0 Å². The molecule has 0 heterocycles. The summed E-state index contributed by atoms with van der Waals surface area (Å²) in [7, 11) is 0. The molecule has 0 atom stereocenters. The van der Waals surface area contributed by atoms with Crippen LogP contribution in [-0.4, -0.2) is 4.92 Å². The lowest BCUT2D eigenvalue weighted by atomic mass is 10.2. The van der Waals surface area contributed by atoms with Crippen LogP contribution in [0.15, 0.2) is 12.1 Å². The second kappa shape index (κ2) is 4.97. The SMILES string of the molecule is Br.NCc1cc([N+](=O)[O-])c(F)cc1F. The van der Waals surface area contributed by atoms with Crippen molar-refractivity contribution in [3.05, 3.63) is 39.4 Å². The Morgan fingerprint density at radius 3 is 2.36 bits per heavy atom. The van der Waals surface area contributed by atoms with Gasteiger partial charge in [-0.25, -0.2) is 4.39 Å². The Hall–Kier alpha value is -1.08. The third kappa shape index (κ3) is 2.46. The van der Waals surface area contributed by atoms with Crippen molar-refractivity contribution in [3.8, 4) is 0 Å². The van der Waals surface area contributed by atoms with E-state index < -0.39 is 22.2 Å². The van der Waals surface area contributed by atoms with Gasteiger partial charge in [0.2, 0.25) is 5.82 Å². The van der Waals surface area contributed by atoms with E-state index in [9.17, 15) is 18.9 Å². The van der Waals surface area contributed by atoms with E-state index in [-0.39, 0.29) is 29.1 Å². The van der Waals surface area contributed by atoms with E-state index in [4.69, 9.17) is 5.73 Å². The van der Waals surface area contributed by atoms with E-state index in [1.54, 1.807) is 0 Å². The van der Waals surface area contributed by atoms with Crippen LogP contribution in [0.1, 0.15) is 5.56 Å². The highest BCUT2D eigenvalue weighted by Gasteiger charge is 2.17. The van der Waals surface area contributed by atoms with Crippen LogP contribution in [0.3, 0.4) is 0 Å². The van der Waals surface area contributed by atoms with Gasteiger partial charge >= 0.3 is 5.69 Å². The predicted molar refractivity (Wildman–Crippen MR) is 51.2 cm³/mol. The van der Waals surface area contributed by atoms with Crippen molar-refractivity contribution < 1.29 is 13.7 Å². The van der Waals surface area contributed by atoms with E-state index in [2.05, 4.69) is 0 Å². The summed E-state index contributed by atoms with van der Waals surface area (Å²) >= 11 is 0. The minimum absolute atomic E-state index is 0. The van der Waals surface area contributed by atoms with Crippen LogP contribution in [0, 0.1) is 21.7 Å². The molecule has 0 spiro atoms. The number of hydrogen-bond donors (Lipinski definition) is 1. The van der Waals surface area contributed by atoms with Crippen LogP contribution in [0.5, 0.6) is 0 Å². The first-order valence-corrected chi connectivity index (χ1v) is 3.38. The number of nitrogens with zero attached hydrogens (tertiary/aromatic N) is 1. The molecule has 0 aromatic heterocycles. The largest absolute Gasteiger partial charge is 0.326 e. The molecule has 4 nitrogen and oxygen atoms in total. The molecule has 2 N–H and O–H groups in total. The van der Waals surface area contributed by atoms with Crippen molar-refractivity contribution >= 4 is 22.7 Å². The second-order valence-corrected chi connectivity index (χ2v) is 2.36. The van der Waals surface area contributed by atoms with Crippen molar-refractivity contribution in [3.63, 3.8) is 0 Å². The molecule has 1 aromatic rings. The number of rotatable bonds is 2. The summed E-state index contributed by atoms with van der Waals surface area (Å²) in [4.78, 5) is 9.28. The molecule has 0 radical (unpaired) electrons. The Labute approximate surface area is 88.6 Å². The van der Waals surface area contributed by atoms with Gasteiger partial charge in [0.1, 0.15) is 5.82 Å². The zero-order chi connectivity index (χ0) is 10.0. The molecule has 0 aliphatic heterocycles. The van der Waals surface area contributed by atoms with E-state index >= 15 is 0 Å². The first kappa shape index (κ1) is 12.9. The number of nitro benzene ring substituents is 1. The minimum Gasteiger partial charge on any atom is -0.326 e. The molecule has 0 bridgehead atoms. The predicted octanol–water partition coefficient (Wildman–Crippen LogP) is 1.91. The fourth-order valence-electron chi connectivity index (χ4n) is 0.877. The Morgan fingerprint density at radius 1 is 1.36 bits per heavy atom. The van der Waals surface area contributed by atoms with Crippen LogP contribution < -0.4 is 5.73 Å². The molecule has 78 valence electrons. The van der Waals surface area contributed by atoms with Crippen LogP contribution in [0.2, 0.25) is 0 Å². The number of nitro groups is 1. The first-order chi connectivity index (χ1) is 6.06. The van der Waals surface area contributed by atoms with E-state index in [0.717, 1.165) is 6.07 Å². The van der Waals surface area contributed by atoms with Crippen molar-refractivity contribution in [2.24, 2.45) is 5.73 Å². The van der Waals surface area contributed by atoms with E-state index in [0.29, 0.717) is 6.07 Å². The average Bonchev–Trinajstić information content (AvgIpc) is 2.03. The van der Waals surface area contributed by atoms with Gasteiger partial charge in [0.15, 0.2) is 0 Å². The van der Waals surface area contributed by atoms with Crippen LogP contribution in [0.4, 0.5) is 14.5 Å². The minimum atomic E-state index is -1.19. The van der Waals surface area contributed by atoms with E-state index in [1.165, 1.54) is 0 Å². The summed E-state index contributed by atoms with van der Waals surface area (Å²) in [5.74, 6) is -2.06. The number of hydrogen-bond acceptors (Lipinski definition) is 3. The van der Waals surface area contributed by atoms with Gasteiger partial charge in [-0.05, 0) is 0 Å². The van der Waals surface area contributed by atoms with E-state index in [1.807, 2.05) is 0 Å². The van der Waals surface area contributed by atoms with Gasteiger partial charge in [-0.3, -0.25) is 10.1 Å². The van der Waals surface area contributed by atoms with Crippen molar-refractivity contribution in [1.82, 2.24) is 0 Å². The summed E-state index contributed by atoms with van der Waals surface area (Å²) in [5.41, 5.74) is 4.25. The molecule has 0 saturated heterocycles. The van der Waals surface area contributed by atoms with Gasteiger partial charge in [0.05, 0.1) is 4.92 Å². The maximum atomic E-state index is 12.8. The standard InChI is InChI=1S/C7H6F2N2O2.BrH/c8-5-2-6(9)7(11(12)13)1-4(5)3-10;/h1-2H,3,10H2;1H. The quantitative estimate of drug-likeness (QED) is 0.658. The van der Waals surface area contributed by atoms with Gasteiger partial charge in [-0.1, -0.05) is 0 Å². The maximum Gasteiger partial charge on any atom is 0.305 e. The second-order valence-electron chi connectivity index (χ2n) is 2.36. The van der Waals surface area contributed by atoms with Gasteiger partial charge in [0, 0.05) is 24.2 Å². The summed E-state index contributed by atoms with van der Waals surface area (Å²) in [5, 5.41) is 10.2. The average molecular weight is 269 g/mol. The summed E-state index contributed by atoms with van der Waals surface area (Å²) in [6.07, 6.45) is 0. The molecule has 0 amide bonds. The lowest BCUT2D eigenvalue weighted by molar-refractivity contribution is -0.387. The lowest BCUT2D eigenvalue weighted by Gasteiger charge is -1.99. The molecule has 0 aliphatic carbocycles. The molecular formula is C7H7BrF2N2O2. The monoisotopic (exact) mass is 268 g/mol. The van der Waals surface area contributed by atoms with Gasteiger partial charge < -0.3 is 5.73 Å². The molecular weight excluding hydrogens is 262 g/mol. The van der Waals surface area contributed by atoms with Crippen LogP contribution >= 0.6 is 17.0 Å². The van der Waals surface area contributed by atoms with Crippen LogP contribution in [-0.2, 0) is 6.54 Å². The third-order valence-corrected chi connectivity index (χ3v) is 1.53. The molecule has 0 unspecified atom stereocenters. The van der Waals surface area contributed by atoms with Crippen LogP contribution in [0.25, 0.3) is 0 Å². The molecule has 0 aliphatic rings. The topological polar surface area (TPSA) is 69.2 Å². The fourth-order valence-corrected chi connectivity index (χ4v) is 0.877. The molecule has 0 saturated carbocycles. The van der Waals surface area contributed by atoms with Gasteiger partial charge in [-0.2, -0.15) is 4.39 Å². The zero-order valence-corrected chi connectivity index (χ0v) is 8.58. The maximum absolute atomic E-state index is 12.8. The highest BCUT2D eigenvalue weighted by atomic mass is 79.9.